The van der Waals surface area contributed by atoms with Crippen LogP contribution in [0.5, 0.6) is 11.5 Å². The third-order valence-electron chi connectivity index (χ3n) is 5.65. The van der Waals surface area contributed by atoms with Crippen LogP contribution < -0.4 is 14.9 Å². The Bertz CT molecular complexity index is 1410. The van der Waals surface area contributed by atoms with Crippen LogP contribution in [0.2, 0.25) is 0 Å². The lowest BCUT2D eigenvalue weighted by Gasteiger charge is -2.11. The average Bonchev–Trinajstić information content (AvgIpc) is 2.86. The predicted molar refractivity (Wildman–Crippen MR) is 137 cm³/mol. The van der Waals surface area contributed by atoms with Crippen molar-refractivity contribution < 1.29 is 19.1 Å². The molecule has 0 radical (unpaired) electrons. The van der Waals surface area contributed by atoms with Gasteiger partial charge in [-0.05, 0) is 73.0 Å². The summed E-state index contributed by atoms with van der Waals surface area (Å²) in [5.74, 6) is 0.0870. The largest absolute Gasteiger partial charge is 0.484 e. The lowest BCUT2D eigenvalue weighted by atomic mass is 10.0. The van der Waals surface area contributed by atoms with E-state index in [1.54, 1.807) is 18.2 Å². The van der Waals surface area contributed by atoms with Gasteiger partial charge in [0.15, 0.2) is 6.61 Å². The van der Waals surface area contributed by atoms with Crippen LogP contribution in [0.1, 0.15) is 32.6 Å². The minimum atomic E-state index is -0.472. The number of nitrogens with zero attached hydrogens (tertiary/aromatic N) is 1. The molecule has 0 saturated heterocycles. The number of carbonyl (C=O) groups is 2. The SMILES string of the molecule is Cc1ccc(C(=O)Oc2ccc3ccccc3c2/C=N\NC(=O)COc2ccc(C)c(C)c2)cc1. The number of aryl methyl sites for hydroxylation is 3. The lowest BCUT2D eigenvalue weighted by Crippen LogP contribution is -2.24. The van der Waals surface area contributed by atoms with Crippen molar-refractivity contribution in [1.82, 2.24) is 5.43 Å². The van der Waals surface area contributed by atoms with Gasteiger partial charge < -0.3 is 9.47 Å². The van der Waals surface area contributed by atoms with Gasteiger partial charge in [-0.2, -0.15) is 5.10 Å². The smallest absolute Gasteiger partial charge is 0.343 e. The summed E-state index contributed by atoms with van der Waals surface area (Å²) in [6, 6.07) is 24.1. The van der Waals surface area contributed by atoms with Crippen LogP contribution in [0.3, 0.4) is 0 Å². The number of benzene rings is 4. The van der Waals surface area contributed by atoms with Crippen LogP contribution in [0.4, 0.5) is 0 Å². The Morgan fingerprint density at radius 2 is 1.66 bits per heavy atom. The van der Waals surface area contributed by atoms with E-state index < -0.39 is 11.9 Å². The Hall–Kier alpha value is -4.45. The van der Waals surface area contributed by atoms with Crippen molar-refractivity contribution in [2.75, 3.05) is 6.61 Å². The Labute approximate surface area is 204 Å². The zero-order valence-electron chi connectivity index (χ0n) is 19.9. The van der Waals surface area contributed by atoms with Crippen LogP contribution in [-0.4, -0.2) is 24.7 Å². The number of fused-ring (bicyclic) bond motifs is 1. The fraction of sp³-hybridized carbons (Fsp3) is 0.138. The maximum absolute atomic E-state index is 12.7. The van der Waals surface area contributed by atoms with E-state index in [0.29, 0.717) is 22.6 Å². The molecule has 0 aliphatic carbocycles. The first-order valence-electron chi connectivity index (χ1n) is 11.2. The van der Waals surface area contributed by atoms with Crippen molar-refractivity contribution in [3.8, 4) is 11.5 Å². The quantitative estimate of drug-likeness (QED) is 0.169. The average molecular weight is 467 g/mol. The first kappa shape index (κ1) is 23.7. The van der Waals surface area contributed by atoms with Crippen LogP contribution in [0, 0.1) is 20.8 Å². The molecule has 1 amide bonds. The summed E-state index contributed by atoms with van der Waals surface area (Å²) >= 11 is 0. The number of carbonyl (C=O) groups excluding carboxylic acids is 2. The number of hydrogen-bond donors (Lipinski definition) is 1. The number of hydrazone groups is 1. The molecule has 4 rings (SSSR count). The summed E-state index contributed by atoms with van der Waals surface area (Å²) in [4.78, 5) is 25.0. The van der Waals surface area contributed by atoms with Crippen molar-refractivity contribution >= 4 is 28.9 Å². The number of hydrogen-bond acceptors (Lipinski definition) is 5. The third kappa shape index (κ3) is 5.92. The maximum Gasteiger partial charge on any atom is 0.343 e. The van der Waals surface area contributed by atoms with Crippen molar-refractivity contribution in [3.05, 3.63) is 107 Å². The summed E-state index contributed by atoms with van der Waals surface area (Å²) in [5, 5.41) is 5.88. The zero-order chi connectivity index (χ0) is 24.8. The first-order valence-corrected chi connectivity index (χ1v) is 11.2. The van der Waals surface area contributed by atoms with Gasteiger partial charge in [0, 0.05) is 5.56 Å². The molecular weight excluding hydrogens is 440 g/mol. The number of rotatable bonds is 7. The van der Waals surface area contributed by atoms with Crippen LogP contribution >= 0.6 is 0 Å². The van der Waals surface area contributed by atoms with E-state index in [-0.39, 0.29) is 6.61 Å². The van der Waals surface area contributed by atoms with Crippen molar-refractivity contribution in [1.29, 1.82) is 0 Å². The Kier molecular flexibility index (Phi) is 7.21. The van der Waals surface area contributed by atoms with E-state index in [4.69, 9.17) is 9.47 Å². The van der Waals surface area contributed by atoms with Gasteiger partial charge >= 0.3 is 5.97 Å². The molecule has 0 aromatic heterocycles. The Morgan fingerprint density at radius 3 is 2.43 bits per heavy atom. The van der Waals surface area contributed by atoms with Gasteiger partial charge in [0.2, 0.25) is 0 Å². The number of esters is 1. The van der Waals surface area contributed by atoms with Gasteiger partial charge in [0.1, 0.15) is 11.5 Å². The summed E-state index contributed by atoms with van der Waals surface area (Å²) in [5.41, 5.74) is 6.80. The zero-order valence-corrected chi connectivity index (χ0v) is 19.9. The lowest BCUT2D eigenvalue weighted by molar-refractivity contribution is -0.123. The minimum Gasteiger partial charge on any atom is -0.484 e. The molecule has 1 N–H and O–H groups in total. The molecule has 0 saturated carbocycles. The Balaban J connectivity index is 1.49. The second-order valence-electron chi connectivity index (χ2n) is 8.28. The molecule has 176 valence electrons. The van der Waals surface area contributed by atoms with Crippen LogP contribution in [0.25, 0.3) is 10.8 Å². The standard InChI is InChI=1S/C29H26N2O4/c1-19-8-11-23(12-9-19)29(33)35-27-15-13-22-6-4-5-7-25(22)26(27)17-30-31-28(32)18-34-24-14-10-20(2)21(3)16-24/h4-17H,18H2,1-3H3,(H,31,32)/b30-17-. The number of amides is 1. The van der Waals surface area contributed by atoms with Crippen molar-refractivity contribution in [2.24, 2.45) is 5.10 Å². The molecule has 4 aromatic rings. The van der Waals surface area contributed by atoms with Gasteiger partial charge in [-0.25, -0.2) is 10.2 Å². The molecule has 0 heterocycles. The molecule has 6 heteroatoms. The third-order valence-corrected chi connectivity index (χ3v) is 5.65. The van der Waals surface area contributed by atoms with E-state index >= 15 is 0 Å². The molecule has 0 spiro atoms. The summed E-state index contributed by atoms with van der Waals surface area (Å²) in [6.07, 6.45) is 1.48. The maximum atomic E-state index is 12.7. The molecule has 0 fully saturated rings. The highest BCUT2D eigenvalue weighted by atomic mass is 16.5. The van der Waals surface area contributed by atoms with E-state index in [1.807, 2.05) is 81.4 Å². The highest BCUT2D eigenvalue weighted by molar-refractivity contribution is 6.04. The Morgan fingerprint density at radius 1 is 0.886 bits per heavy atom. The topological polar surface area (TPSA) is 77.0 Å². The number of nitrogens with one attached hydrogen (secondary N) is 1. The molecule has 0 atom stereocenters. The molecule has 0 unspecified atom stereocenters. The molecule has 0 bridgehead atoms. The molecule has 4 aromatic carbocycles. The van der Waals surface area contributed by atoms with Gasteiger partial charge in [0.05, 0.1) is 11.8 Å². The van der Waals surface area contributed by atoms with Crippen molar-refractivity contribution in [3.63, 3.8) is 0 Å². The fourth-order valence-corrected chi connectivity index (χ4v) is 3.50. The van der Waals surface area contributed by atoms with E-state index in [2.05, 4.69) is 10.5 Å². The van der Waals surface area contributed by atoms with Gasteiger partial charge in [-0.1, -0.05) is 54.1 Å². The molecule has 0 aliphatic heterocycles. The molecule has 35 heavy (non-hydrogen) atoms. The van der Waals surface area contributed by atoms with E-state index in [9.17, 15) is 9.59 Å². The highest BCUT2D eigenvalue weighted by Crippen LogP contribution is 2.27. The van der Waals surface area contributed by atoms with Crippen LogP contribution in [0.15, 0.2) is 84.0 Å². The first-order chi connectivity index (χ1) is 16.9. The van der Waals surface area contributed by atoms with Gasteiger partial charge in [0.25, 0.3) is 5.91 Å². The van der Waals surface area contributed by atoms with E-state index in [0.717, 1.165) is 27.5 Å². The normalized spacial score (nSPS) is 10.9. The van der Waals surface area contributed by atoms with Crippen molar-refractivity contribution in [2.45, 2.75) is 20.8 Å². The van der Waals surface area contributed by atoms with Crippen LogP contribution in [-0.2, 0) is 4.79 Å². The summed E-state index contributed by atoms with van der Waals surface area (Å²) in [7, 11) is 0. The fourth-order valence-electron chi connectivity index (χ4n) is 3.50. The minimum absolute atomic E-state index is 0.176. The highest BCUT2D eigenvalue weighted by Gasteiger charge is 2.13. The number of ether oxygens (including phenoxy) is 2. The second kappa shape index (κ2) is 10.7. The van der Waals surface area contributed by atoms with Gasteiger partial charge in [-0.15, -0.1) is 0 Å². The summed E-state index contributed by atoms with van der Waals surface area (Å²) < 4.78 is 11.3. The monoisotopic (exact) mass is 466 g/mol. The van der Waals surface area contributed by atoms with Gasteiger partial charge in [-0.3, -0.25) is 4.79 Å². The second-order valence-corrected chi connectivity index (χ2v) is 8.28. The molecule has 6 nitrogen and oxygen atoms in total. The van der Waals surface area contributed by atoms with E-state index in [1.165, 1.54) is 6.21 Å². The predicted octanol–water partition coefficient (Wildman–Crippen LogP) is 5.51. The summed E-state index contributed by atoms with van der Waals surface area (Å²) in [6.45, 7) is 5.78. The molecular formula is C29H26N2O4. The molecule has 0 aliphatic rings.